The molecule has 7 heteroatoms. The molecule has 1 amide bonds. The van der Waals surface area contributed by atoms with E-state index in [2.05, 4.69) is 4.57 Å². The van der Waals surface area contributed by atoms with Crippen molar-refractivity contribution in [3.8, 4) is 5.69 Å². The van der Waals surface area contributed by atoms with E-state index in [1.54, 1.807) is 4.90 Å². The van der Waals surface area contributed by atoms with Gasteiger partial charge in [-0.1, -0.05) is 24.6 Å². The second-order valence-corrected chi connectivity index (χ2v) is 8.75. The minimum absolute atomic E-state index is 0.00638. The van der Waals surface area contributed by atoms with Crippen molar-refractivity contribution >= 4 is 33.5 Å². The highest BCUT2D eigenvalue weighted by Crippen LogP contribution is 2.33. The molecule has 28 heavy (non-hydrogen) atoms. The first-order valence-corrected chi connectivity index (χ1v) is 10.5. The van der Waals surface area contributed by atoms with Crippen LogP contribution >= 0.6 is 11.3 Å². The van der Waals surface area contributed by atoms with Crippen LogP contribution in [0.4, 0.5) is 5.95 Å². The fourth-order valence-electron chi connectivity index (χ4n) is 3.93. The summed E-state index contributed by atoms with van der Waals surface area (Å²) in [7, 11) is 5.76. The summed E-state index contributed by atoms with van der Waals surface area (Å²) in [5.74, 6) is 1.02. The van der Waals surface area contributed by atoms with Crippen molar-refractivity contribution in [1.82, 2.24) is 14.5 Å². The van der Waals surface area contributed by atoms with Gasteiger partial charge in [-0.2, -0.15) is 0 Å². The Morgan fingerprint density at radius 2 is 2.00 bits per heavy atom. The number of para-hydroxylation sites is 1. The average Bonchev–Trinajstić information content (AvgIpc) is 3.36. The van der Waals surface area contributed by atoms with Crippen LogP contribution < -0.4 is 4.90 Å². The second kappa shape index (κ2) is 7.56. The number of hydrogen-bond acceptors (Lipinski definition) is 5. The Balaban J connectivity index is 1.66. The predicted molar refractivity (Wildman–Crippen MR) is 114 cm³/mol. The molecule has 148 valence electrons. The third kappa shape index (κ3) is 3.40. The van der Waals surface area contributed by atoms with E-state index in [1.165, 1.54) is 11.3 Å². The standard InChI is InChI=1S/C21H26N4O2S/c1-23(2)21-22-16-12-18(19(27)24(3)13-14-8-7-11-17(14)26)28-20(16)25(21)15-9-5-4-6-10-15/h4-6,9-10,12,14,17,26H,7-8,11,13H2,1-3H3/t14-,17-/m0/s1. The van der Waals surface area contributed by atoms with Gasteiger partial charge in [0.05, 0.1) is 11.0 Å². The van der Waals surface area contributed by atoms with Gasteiger partial charge in [0.25, 0.3) is 5.91 Å². The molecule has 1 fully saturated rings. The van der Waals surface area contributed by atoms with Crippen LogP contribution in [0.5, 0.6) is 0 Å². The van der Waals surface area contributed by atoms with Gasteiger partial charge >= 0.3 is 0 Å². The third-order valence-electron chi connectivity index (χ3n) is 5.42. The number of aliphatic hydroxyl groups is 1. The summed E-state index contributed by atoms with van der Waals surface area (Å²) in [6.45, 7) is 0.594. The van der Waals surface area contributed by atoms with Crippen molar-refractivity contribution in [3.63, 3.8) is 0 Å². The predicted octanol–water partition coefficient (Wildman–Crippen LogP) is 3.39. The minimum Gasteiger partial charge on any atom is -0.393 e. The highest BCUT2D eigenvalue weighted by molar-refractivity contribution is 7.20. The van der Waals surface area contributed by atoms with Crippen LogP contribution in [0, 0.1) is 5.92 Å². The fraction of sp³-hybridized carbons (Fsp3) is 0.429. The number of thiophene rings is 1. The zero-order valence-corrected chi connectivity index (χ0v) is 17.3. The lowest BCUT2D eigenvalue weighted by Crippen LogP contribution is -2.34. The molecule has 3 aromatic rings. The van der Waals surface area contributed by atoms with Crippen LogP contribution in [0.1, 0.15) is 28.9 Å². The van der Waals surface area contributed by atoms with Crippen molar-refractivity contribution in [1.29, 1.82) is 0 Å². The van der Waals surface area contributed by atoms with Gasteiger partial charge in [0, 0.05) is 39.3 Å². The number of nitrogens with zero attached hydrogens (tertiary/aromatic N) is 4. The molecule has 0 aliphatic heterocycles. The van der Waals surface area contributed by atoms with E-state index in [4.69, 9.17) is 4.98 Å². The lowest BCUT2D eigenvalue weighted by Gasteiger charge is -2.22. The smallest absolute Gasteiger partial charge is 0.263 e. The van der Waals surface area contributed by atoms with Crippen LogP contribution in [-0.2, 0) is 0 Å². The molecular formula is C21H26N4O2S. The van der Waals surface area contributed by atoms with E-state index in [-0.39, 0.29) is 17.9 Å². The first-order valence-electron chi connectivity index (χ1n) is 9.64. The topological polar surface area (TPSA) is 61.6 Å². The molecule has 6 nitrogen and oxygen atoms in total. The first kappa shape index (κ1) is 19.0. The number of imidazole rings is 1. The SMILES string of the molecule is CN(C[C@@H]1CCC[C@@H]1O)C(=O)c1cc2nc(N(C)C)n(-c3ccccc3)c2s1. The quantitative estimate of drug-likeness (QED) is 0.716. The highest BCUT2D eigenvalue weighted by atomic mass is 32.1. The molecule has 0 saturated heterocycles. The van der Waals surface area contributed by atoms with Crippen LogP contribution in [0.2, 0.25) is 0 Å². The van der Waals surface area contributed by atoms with Crippen molar-refractivity contribution in [2.45, 2.75) is 25.4 Å². The van der Waals surface area contributed by atoms with Crippen molar-refractivity contribution in [2.75, 3.05) is 32.6 Å². The molecule has 1 aliphatic rings. The molecule has 4 rings (SSSR count). The lowest BCUT2D eigenvalue weighted by atomic mass is 10.1. The number of amides is 1. The maximum absolute atomic E-state index is 13.0. The first-order chi connectivity index (χ1) is 13.5. The number of benzene rings is 1. The number of carbonyl (C=O) groups excluding carboxylic acids is 1. The van der Waals surface area contributed by atoms with Crippen molar-refractivity contribution in [2.24, 2.45) is 5.92 Å². The van der Waals surface area contributed by atoms with E-state index < -0.39 is 0 Å². The molecule has 1 aliphatic carbocycles. The van der Waals surface area contributed by atoms with Gasteiger partial charge in [-0.25, -0.2) is 4.98 Å². The van der Waals surface area contributed by atoms with E-state index in [0.717, 1.165) is 41.2 Å². The largest absolute Gasteiger partial charge is 0.393 e. The Morgan fingerprint density at radius 3 is 2.64 bits per heavy atom. The van der Waals surface area contributed by atoms with E-state index in [1.807, 2.05) is 62.4 Å². The van der Waals surface area contributed by atoms with Gasteiger partial charge in [-0.15, -0.1) is 11.3 Å². The number of fused-ring (bicyclic) bond motifs is 1. The van der Waals surface area contributed by atoms with Gasteiger partial charge in [0.2, 0.25) is 5.95 Å². The third-order valence-corrected chi connectivity index (χ3v) is 6.51. The van der Waals surface area contributed by atoms with Gasteiger partial charge in [-0.3, -0.25) is 9.36 Å². The Hall–Kier alpha value is -2.38. The van der Waals surface area contributed by atoms with Crippen molar-refractivity contribution in [3.05, 3.63) is 41.3 Å². The van der Waals surface area contributed by atoms with Gasteiger partial charge < -0.3 is 14.9 Å². The molecule has 2 atom stereocenters. The van der Waals surface area contributed by atoms with Crippen LogP contribution in [0.3, 0.4) is 0 Å². The van der Waals surface area contributed by atoms with Gasteiger partial charge in [0.15, 0.2) is 0 Å². The summed E-state index contributed by atoms with van der Waals surface area (Å²) in [6, 6.07) is 12.0. The summed E-state index contributed by atoms with van der Waals surface area (Å²) in [6.07, 6.45) is 2.57. The Kier molecular flexibility index (Phi) is 5.12. The normalized spacial score (nSPS) is 19.3. The highest BCUT2D eigenvalue weighted by Gasteiger charge is 2.28. The number of rotatable bonds is 5. The molecule has 0 spiro atoms. The zero-order chi connectivity index (χ0) is 19.8. The number of aliphatic hydroxyl groups excluding tert-OH is 1. The molecule has 1 aromatic carbocycles. The molecule has 1 N–H and O–H groups in total. The monoisotopic (exact) mass is 398 g/mol. The number of aromatic nitrogens is 2. The van der Waals surface area contributed by atoms with E-state index >= 15 is 0 Å². The second-order valence-electron chi connectivity index (χ2n) is 7.72. The van der Waals surface area contributed by atoms with E-state index in [9.17, 15) is 9.90 Å². The summed E-state index contributed by atoms with van der Waals surface area (Å²) < 4.78 is 2.09. The number of hydrogen-bond donors (Lipinski definition) is 1. The fourth-order valence-corrected chi connectivity index (χ4v) is 5.04. The Bertz CT molecular complexity index is 979. The number of anilines is 1. The molecule has 0 radical (unpaired) electrons. The van der Waals surface area contributed by atoms with Crippen molar-refractivity contribution < 1.29 is 9.90 Å². The van der Waals surface area contributed by atoms with Crippen LogP contribution in [0.25, 0.3) is 16.0 Å². The number of carbonyl (C=O) groups is 1. The molecule has 0 unspecified atom stereocenters. The summed E-state index contributed by atoms with van der Waals surface area (Å²) in [5.41, 5.74) is 1.85. The van der Waals surface area contributed by atoms with Gasteiger partial charge in [0.1, 0.15) is 10.3 Å². The van der Waals surface area contributed by atoms with Gasteiger partial charge in [-0.05, 0) is 31.0 Å². The summed E-state index contributed by atoms with van der Waals surface area (Å²) in [5, 5.41) is 10.1. The minimum atomic E-state index is -0.288. The molecular weight excluding hydrogens is 372 g/mol. The maximum atomic E-state index is 13.0. The zero-order valence-electron chi connectivity index (χ0n) is 16.5. The summed E-state index contributed by atoms with van der Waals surface area (Å²) in [4.78, 5) is 23.1. The molecule has 1 saturated carbocycles. The molecule has 2 heterocycles. The molecule has 0 bridgehead atoms. The Morgan fingerprint density at radius 1 is 1.25 bits per heavy atom. The maximum Gasteiger partial charge on any atom is 0.263 e. The average molecular weight is 399 g/mol. The van der Waals surface area contributed by atoms with E-state index in [0.29, 0.717) is 11.4 Å². The lowest BCUT2D eigenvalue weighted by molar-refractivity contribution is 0.0698. The Labute approximate surface area is 169 Å². The van der Waals surface area contributed by atoms with Crippen LogP contribution in [-0.4, -0.2) is 59.3 Å². The van der Waals surface area contributed by atoms with Crippen LogP contribution in [0.15, 0.2) is 36.4 Å². The molecule has 2 aromatic heterocycles. The summed E-state index contributed by atoms with van der Waals surface area (Å²) >= 11 is 1.47.